The fraction of sp³-hybridized carbons (Fsp3) is 0.600. The molecule has 2 nitrogen and oxygen atoms in total. The van der Waals surface area contributed by atoms with Crippen LogP contribution in [-0.4, -0.2) is 26.2 Å². The van der Waals surface area contributed by atoms with Crippen molar-refractivity contribution >= 4 is 5.69 Å². The van der Waals surface area contributed by atoms with Crippen LogP contribution in [0.2, 0.25) is 0 Å². The van der Waals surface area contributed by atoms with Gasteiger partial charge in [-0.15, -0.1) is 0 Å². The minimum atomic E-state index is -0.173. The fourth-order valence-electron chi connectivity index (χ4n) is 1.91. The summed E-state index contributed by atoms with van der Waals surface area (Å²) in [5.74, 6) is 0.526. The van der Waals surface area contributed by atoms with Crippen LogP contribution in [0.3, 0.4) is 0 Å². The number of halogens is 1. The van der Waals surface area contributed by atoms with Crippen LogP contribution < -0.4 is 10.2 Å². The summed E-state index contributed by atoms with van der Waals surface area (Å²) < 4.78 is 12.9. The number of nitrogens with one attached hydrogen (secondary N) is 1. The highest BCUT2D eigenvalue weighted by molar-refractivity contribution is 5.45. The fourth-order valence-corrected chi connectivity index (χ4v) is 1.91. The molecule has 18 heavy (non-hydrogen) atoms. The van der Waals surface area contributed by atoms with E-state index in [1.807, 2.05) is 12.1 Å². The summed E-state index contributed by atoms with van der Waals surface area (Å²) in [6.07, 6.45) is 1.11. The van der Waals surface area contributed by atoms with Gasteiger partial charge in [0.1, 0.15) is 5.82 Å². The lowest BCUT2D eigenvalue weighted by molar-refractivity contribution is 0.541. The highest BCUT2D eigenvalue weighted by Gasteiger charge is 2.03. The van der Waals surface area contributed by atoms with Crippen LogP contribution in [0.15, 0.2) is 24.3 Å². The average molecular weight is 252 g/mol. The third-order valence-electron chi connectivity index (χ3n) is 2.91. The summed E-state index contributed by atoms with van der Waals surface area (Å²) in [6, 6.07) is 6.74. The first kappa shape index (κ1) is 15.0. The van der Waals surface area contributed by atoms with Crippen molar-refractivity contribution in [2.75, 3.05) is 31.1 Å². The molecular weight excluding hydrogens is 227 g/mol. The molecule has 102 valence electrons. The van der Waals surface area contributed by atoms with E-state index in [1.54, 1.807) is 0 Å². The SMILES string of the molecule is CCN(CCCNCC(C)C)c1ccc(F)cc1. The molecule has 0 aromatic heterocycles. The lowest BCUT2D eigenvalue weighted by Crippen LogP contribution is -2.28. The van der Waals surface area contributed by atoms with Crippen LogP contribution in [0.5, 0.6) is 0 Å². The molecule has 0 spiro atoms. The monoisotopic (exact) mass is 252 g/mol. The number of rotatable bonds is 8. The Balaban J connectivity index is 2.31. The number of anilines is 1. The van der Waals surface area contributed by atoms with Crippen molar-refractivity contribution in [3.05, 3.63) is 30.1 Å². The van der Waals surface area contributed by atoms with Crippen LogP contribution >= 0.6 is 0 Å². The molecule has 0 aliphatic heterocycles. The standard InChI is InChI=1S/C15H25FN2/c1-4-18(11-5-10-17-12-13(2)3)15-8-6-14(16)7-9-15/h6-9,13,17H,4-5,10-12H2,1-3H3. The molecule has 1 rings (SSSR count). The van der Waals surface area contributed by atoms with Crippen molar-refractivity contribution < 1.29 is 4.39 Å². The Morgan fingerprint density at radius 3 is 2.44 bits per heavy atom. The van der Waals surface area contributed by atoms with E-state index < -0.39 is 0 Å². The Bertz CT molecular complexity index is 322. The molecule has 0 unspecified atom stereocenters. The summed E-state index contributed by atoms with van der Waals surface area (Å²) in [5.41, 5.74) is 1.10. The van der Waals surface area contributed by atoms with Gasteiger partial charge in [0, 0.05) is 18.8 Å². The molecule has 0 saturated carbocycles. The van der Waals surface area contributed by atoms with Crippen molar-refractivity contribution in [3.63, 3.8) is 0 Å². The first-order chi connectivity index (χ1) is 8.63. The van der Waals surface area contributed by atoms with Gasteiger partial charge >= 0.3 is 0 Å². The number of benzene rings is 1. The lowest BCUT2D eigenvalue weighted by atomic mass is 10.2. The summed E-state index contributed by atoms with van der Waals surface area (Å²) in [5, 5.41) is 3.44. The topological polar surface area (TPSA) is 15.3 Å². The maximum absolute atomic E-state index is 12.9. The van der Waals surface area contributed by atoms with E-state index in [0.717, 1.165) is 38.3 Å². The van der Waals surface area contributed by atoms with Crippen LogP contribution in [0, 0.1) is 11.7 Å². The second-order valence-corrected chi connectivity index (χ2v) is 5.01. The molecule has 0 bridgehead atoms. The molecule has 0 fully saturated rings. The van der Waals surface area contributed by atoms with Gasteiger partial charge in [-0.3, -0.25) is 0 Å². The maximum Gasteiger partial charge on any atom is 0.123 e. The van der Waals surface area contributed by atoms with Crippen LogP contribution in [0.25, 0.3) is 0 Å². The summed E-state index contributed by atoms with van der Waals surface area (Å²) in [4.78, 5) is 2.27. The van der Waals surface area contributed by atoms with E-state index >= 15 is 0 Å². The molecule has 0 atom stereocenters. The van der Waals surface area contributed by atoms with Gasteiger partial charge in [0.25, 0.3) is 0 Å². The highest BCUT2D eigenvalue weighted by atomic mass is 19.1. The van der Waals surface area contributed by atoms with Gasteiger partial charge in [-0.1, -0.05) is 13.8 Å². The quantitative estimate of drug-likeness (QED) is 0.714. The Labute approximate surface area is 110 Å². The van der Waals surface area contributed by atoms with Crippen molar-refractivity contribution in [2.45, 2.75) is 27.2 Å². The second-order valence-electron chi connectivity index (χ2n) is 5.01. The molecular formula is C15H25FN2. The minimum Gasteiger partial charge on any atom is -0.372 e. The van der Waals surface area contributed by atoms with Crippen molar-refractivity contribution in [1.82, 2.24) is 5.32 Å². The van der Waals surface area contributed by atoms with Gasteiger partial charge < -0.3 is 10.2 Å². The molecule has 0 radical (unpaired) electrons. The van der Waals surface area contributed by atoms with Crippen LogP contribution in [0.1, 0.15) is 27.2 Å². The normalized spacial score (nSPS) is 10.9. The average Bonchev–Trinajstić information content (AvgIpc) is 2.35. The molecule has 0 saturated heterocycles. The highest BCUT2D eigenvalue weighted by Crippen LogP contribution is 2.14. The molecule has 0 aliphatic carbocycles. The van der Waals surface area contributed by atoms with Crippen molar-refractivity contribution in [1.29, 1.82) is 0 Å². The van der Waals surface area contributed by atoms with Gasteiger partial charge in [-0.05, 0) is 56.6 Å². The number of hydrogen-bond acceptors (Lipinski definition) is 2. The molecule has 3 heteroatoms. The van der Waals surface area contributed by atoms with Crippen LogP contribution in [-0.2, 0) is 0 Å². The van der Waals surface area contributed by atoms with Gasteiger partial charge in [0.15, 0.2) is 0 Å². The predicted octanol–water partition coefficient (Wildman–Crippen LogP) is 3.29. The molecule has 1 N–H and O–H groups in total. The molecule has 1 aromatic carbocycles. The first-order valence-corrected chi connectivity index (χ1v) is 6.84. The minimum absolute atomic E-state index is 0.173. The Morgan fingerprint density at radius 1 is 1.22 bits per heavy atom. The van der Waals surface area contributed by atoms with Gasteiger partial charge in [-0.2, -0.15) is 0 Å². The number of nitrogens with zero attached hydrogens (tertiary/aromatic N) is 1. The third kappa shape index (κ3) is 5.50. The lowest BCUT2D eigenvalue weighted by Gasteiger charge is -2.23. The van der Waals surface area contributed by atoms with Gasteiger partial charge in [0.2, 0.25) is 0 Å². The summed E-state index contributed by atoms with van der Waals surface area (Å²) in [6.45, 7) is 10.6. The van der Waals surface area contributed by atoms with E-state index in [0.29, 0.717) is 5.92 Å². The van der Waals surface area contributed by atoms with E-state index in [-0.39, 0.29) is 5.82 Å². The number of hydrogen-bond donors (Lipinski definition) is 1. The summed E-state index contributed by atoms with van der Waals surface area (Å²) in [7, 11) is 0. The van der Waals surface area contributed by atoms with E-state index in [4.69, 9.17) is 0 Å². The first-order valence-electron chi connectivity index (χ1n) is 6.84. The summed E-state index contributed by atoms with van der Waals surface area (Å²) >= 11 is 0. The Morgan fingerprint density at radius 2 is 1.89 bits per heavy atom. The molecule has 0 heterocycles. The smallest absolute Gasteiger partial charge is 0.123 e. The van der Waals surface area contributed by atoms with Crippen LogP contribution in [0.4, 0.5) is 10.1 Å². The van der Waals surface area contributed by atoms with E-state index in [9.17, 15) is 4.39 Å². The van der Waals surface area contributed by atoms with E-state index in [1.165, 1.54) is 12.1 Å². The largest absolute Gasteiger partial charge is 0.372 e. The second kappa shape index (κ2) is 8.09. The molecule has 1 aromatic rings. The zero-order valence-electron chi connectivity index (χ0n) is 11.7. The third-order valence-corrected chi connectivity index (χ3v) is 2.91. The zero-order chi connectivity index (χ0) is 13.4. The Hall–Kier alpha value is -1.09. The predicted molar refractivity (Wildman–Crippen MR) is 76.6 cm³/mol. The van der Waals surface area contributed by atoms with Crippen molar-refractivity contribution in [2.24, 2.45) is 5.92 Å². The molecule has 0 amide bonds. The van der Waals surface area contributed by atoms with E-state index in [2.05, 4.69) is 31.0 Å². The maximum atomic E-state index is 12.9. The van der Waals surface area contributed by atoms with Gasteiger partial charge in [-0.25, -0.2) is 4.39 Å². The molecule has 0 aliphatic rings. The van der Waals surface area contributed by atoms with Gasteiger partial charge in [0.05, 0.1) is 0 Å². The Kier molecular flexibility index (Phi) is 6.73. The zero-order valence-corrected chi connectivity index (χ0v) is 11.7. The van der Waals surface area contributed by atoms with Crippen molar-refractivity contribution in [3.8, 4) is 0 Å².